The Morgan fingerprint density at radius 2 is 1.65 bits per heavy atom. The predicted molar refractivity (Wildman–Crippen MR) is 79.4 cm³/mol. The third-order valence-corrected chi connectivity index (χ3v) is 4.62. The van der Waals surface area contributed by atoms with Crippen LogP contribution in [-0.4, -0.2) is 20.0 Å². The smallest absolute Gasteiger partial charge is 0.267 e. The minimum Gasteiger partial charge on any atom is -0.267 e. The molecule has 1 aliphatic rings. The third-order valence-electron chi connectivity index (χ3n) is 3.22. The van der Waals surface area contributed by atoms with Gasteiger partial charge in [0, 0.05) is 6.07 Å². The first-order chi connectivity index (χ1) is 10.9. The Kier molecular flexibility index (Phi) is 3.37. The second-order valence-corrected chi connectivity index (χ2v) is 5.84. The van der Waals surface area contributed by atoms with Gasteiger partial charge in [-0.05, 0) is 12.1 Å². The zero-order valence-electron chi connectivity index (χ0n) is 11.2. The molecule has 0 aliphatic carbocycles. The molecule has 0 spiro atoms. The molecule has 2 aromatic carbocycles. The van der Waals surface area contributed by atoms with Gasteiger partial charge in [-0.3, -0.25) is 25.0 Å². The number of non-ortho nitro benzene ring substituents is 1. The molecular weight excluding hydrogens is 326 g/mol. The van der Waals surface area contributed by atoms with Crippen molar-refractivity contribution in [3.8, 4) is 0 Å². The summed E-state index contributed by atoms with van der Waals surface area (Å²) < 4.78 is 13.4. The van der Waals surface area contributed by atoms with Crippen LogP contribution in [0.4, 0.5) is 17.1 Å². The Balaban J connectivity index is 2.24. The van der Waals surface area contributed by atoms with Crippen LogP contribution in [0.15, 0.2) is 47.4 Å². The average Bonchev–Trinajstić information content (AvgIpc) is 2.78. The van der Waals surface area contributed by atoms with E-state index in [9.17, 15) is 29.2 Å². The van der Waals surface area contributed by atoms with Crippen molar-refractivity contribution in [2.24, 2.45) is 0 Å². The van der Waals surface area contributed by atoms with Crippen LogP contribution in [0.3, 0.4) is 0 Å². The van der Waals surface area contributed by atoms with Crippen molar-refractivity contribution in [1.82, 2.24) is 0 Å². The molecule has 1 unspecified atom stereocenters. The molecule has 0 N–H and O–H groups in total. The summed E-state index contributed by atoms with van der Waals surface area (Å²) in [7, 11) is -2.10. The quantitative estimate of drug-likeness (QED) is 0.626. The van der Waals surface area contributed by atoms with Crippen molar-refractivity contribution in [3.63, 3.8) is 0 Å². The maximum Gasteiger partial charge on any atom is 0.290 e. The normalized spacial score (nSPS) is 16.3. The van der Waals surface area contributed by atoms with E-state index in [0.29, 0.717) is 6.07 Å². The number of hydrogen-bond donors (Lipinski definition) is 0. The van der Waals surface area contributed by atoms with Crippen molar-refractivity contribution >= 4 is 34.0 Å². The van der Waals surface area contributed by atoms with E-state index in [1.807, 2.05) is 0 Å². The Bertz CT molecular complexity index is 883. The summed E-state index contributed by atoms with van der Waals surface area (Å²) in [5.41, 5.74) is -1.43. The molecule has 116 valence electrons. The highest BCUT2D eigenvalue weighted by Gasteiger charge is 2.43. The van der Waals surface area contributed by atoms with Gasteiger partial charge in [0.05, 0.1) is 26.5 Å². The first-order valence-electron chi connectivity index (χ1n) is 6.20. The van der Waals surface area contributed by atoms with E-state index in [2.05, 4.69) is 0 Å². The highest BCUT2D eigenvalue weighted by molar-refractivity contribution is 7.88. The zero-order valence-corrected chi connectivity index (χ0v) is 12.1. The van der Waals surface area contributed by atoms with Crippen LogP contribution in [0.5, 0.6) is 0 Å². The van der Waals surface area contributed by atoms with Gasteiger partial charge in [-0.1, -0.05) is 18.2 Å². The van der Waals surface area contributed by atoms with Crippen LogP contribution in [0, 0.1) is 20.2 Å². The van der Waals surface area contributed by atoms with Crippen molar-refractivity contribution in [2.75, 3.05) is 4.31 Å². The minimum absolute atomic E-state index is 0.236. The lowest BCUT2D eigenvalue weighted by molar-refractivity contribution is -0.394. The lowest BCUT2D eigenvalue weighted by Crippen LogP contribution is -2.25. The van der Waals surface area contributed by atoms with Crippen LogP contribution < -0.4 is 4.31 Å². The standard InChI is InChI=1S/C13H7N3O6S/c17-13-12-10(16(20)21)6-9(15(18)19)7-11(12)23(22)14(13)8-4-2-1-3-5-8/h1-7H. The van der Waals surface area contributed by atoms with E-state index in [1.165, 1.54) is 12.1 Å². The Morgan fingerprint density at radius 3 is 2.22 bits per heavy atom. The number of para-hydroxylation sites is 1. The lowest BCUT2D eigenvalue weighted by Gasteiger charge is -2.13. The molecule has 1 amide bonds. The average molecular weight is 333 g/mol. The highest BCUT2D eigenvalue weighted by atomic mass is 32.2. The molecule has 0 saturated heterocycles. The molecule has 0 bridgehead atoms. The van der Waals surface area contributed by atoms with E-state index in [0.717, 1.165) is 10.4 Å². The van der Waals surface area contributed by atoms with E-state index in [4.69, 9.17) is 0 Å². The molecular formula is C13H7N3O6S. The fourth-order valence-electron chi connectivity index (χ4n) is 2.24. The molecule has 0 saturated carbocycles. The Labute approximate surface area is 131 Å². The SMILES string of the molecule is O=C1c2c([N+](=O)[O-])cc([N+](=O)[O-])cc2S(=O)N1c1ccccc1. The Morgan fingerprint density at radius 1 is 1.00 bits per heavy atom. The fourth-order valence-corrected chi connectivity index (χ4v) is 3.58. The predicted octanol–water partition coefficient (Wildman–Crippen LogP) is 2.19. The van der Waals surface area contributed by atoms with Gasteiger partial charge in [-0.25, -0.2) is 8.51 Å². The van der Waals surface area contributed by atoms with E-state index < -0.39 is 38.1 Å². The van der Waals surface area contributed by atoms with E-state index in [-0.39, 0.29) is 16.1 Å². The molecule has 10 heteroatoms. The number of nitrogens with zero attached hydrogens (tertiary/aromatic N) is 3. The monoisotopic (exact) mass is 333 g/mol. The van der Waals surface area contributed by atoms with Gasteiger partial charge >= 0.3 is 0 Å². The number of hydrogen-bond acceptors (Lipinski definition) is 6. The van der Waals surface area contributed by atoms with Gasteiger partial charge in [0.1, 0.15) is 5.56 Å². The Hall–Kier alpha value is -3.14. The van der Waals surface area contributed by atoms with Gasteiger partial charge in [-0.2, -0.15) is 0 Å². The number of benzene rings is 2. The van der Waals surface area contributed by atoms with Crippen LogP contribution in [0.2, 0.25) is 0 Å². The van der Waals surface area contributed by atoms with Crippen LogP contribution >= 0.6 is 0 Å². The second-order valence-electron chi connectivity index (χ2n) is 4.54. The fraction of sp³-hybridized carbons (Fsp3) is 0. The first-order valence-corrected chi connectivity index (χ1v) is 7.30. The number of anilines is 1. The molecule has 2 aromatic rings. The zero-order chi connectivity index (χ0) is 16.7. The van der Waals surface area contributed by atoms with Crippen molar-refractivity contribution < 1.29 is 18.9 Å². The topological polar surface area (TPSA) is 124 Å². The van der Waals surface area contributed by atoms with Gasteiger partial charge in [0.15, 0.2) is 11.0 Å². The van der Waals surface area contributed by atoms with Crippen molar-refractivity contribution in [1.29, 1.82) is 0 Å². The second kappa shape index (κ2) is 5.25. The van der Waals surface area contributed by atoms with Crippen molar-refractivity contribution in [3.05, 3.63) is 68.3 Å². The van der Waals surface area contributed by atoms with Gasteiger partial charge in [-0.15, -0.1) is 0 Å². The number of amides is 1. The highest BCUT2D eigenvalue weighted by Crippen LogP contribution is 2.39. The number of rotatable bonds is 3. The summed E-state index contributed by atoms with van der Waals surface area (Å²) in [5.74, 6) is -0.828. The van der Waals surface area contributed by atoms with Crippen LogP contribution in [0.1, 0.15) is 10.4 Å². The molecule has 1 aliphatic heterocycles. The number of carbonyl (C=O) groups excluding carboxylic acids is 1. The number of carbonyl (C=O) groups is 1. The first kappa shape index (κ1) is 14.8. The summed E-state index contributed by atoms with van der Waals surface area (Å²) in [6.07, 6.45) is 0. The summed E-state index contributed by atoms with van der Waals surface area (Å²) >= 11 is 0. The molecule has 23 heavy (non-hydrogen) atoms. The van der Waals surface area contributed by atoms with E-state index in [1.54, 1.807) is 18.2 Å². The maximum atomic E-state index is 12.5. The lowest BCUT2D eigenvalue weighted by atomic mass is 10.1. The summed E-state index contributed by atoms with van der Waals surface area (Å²) in [6.45, 7) is 0. The van der Waals surface area contributed by atoms with Crippen LogP contribution in [-0.2, 0) is 11.0 Å². The largest absolute Gasteiger partial charge is 0.290 e. The summed E-state index contributed by atoms with van der Waals surface area (Å²) in [5, 5.41) is 22.0. The van der Waals surface area contributed by atoms with Gasteiger partial charge in [0.25, 0.3) is 17.3 Å². The third kappa shape index (κ3) is 2.25. The summed E-state index contributed by atoms with van der Waals surface area (Å²) in [4.78, 5) is 32.6. The molecule has 9 nitrogen and oxygen atoms in total. The van der Waals surface area contributed by atoms with Gasteiger partial charge < -0.3 is 0 Å². The molecule has 0 aromatic heterocycles. The molecule has 0 radical (unpaired) electrons. The minimum atomic E-state index is -2.10. The number of nitro groups is 2. The van der Waals surface area contributed by atoms with Crippen LogP contribution in [0.25, 0.3) is 0 Å². The van der Waals surface area contributed by atoms with Crippen molar-refractivity contribution in [2.45, 2.75) is 4.90 Å². The molecule has 3 rings (SSSR count). The molecule has 1 atom stereocenters. The molecule has 0 fully saturated rings. The maximum absolute atomic E-state index is 12.5. The number of nitro benzene ring substituents is 2. The summed E-state index contributed by atoms with van der Waals surface area (Å²) in [6, 6.07) is 9.57. The molecule has 1 heterocycles. The van der Waals surface area contributed by atoms with E-state index >= 15 is 0 Å². The number of fused-ring (bicyclic) bond motifs is 1. The van der Waals surface area contributed by atoms with Gasteiger partial charge in [0.2, 0.25) is 0 Å².